The Labute approximate surface area is 217 Å². The zero-order chi connectivity index (χ0) is 26.4. The third-order valence-electron chi connectivity index (χ3n) is 6.47. The Hall–Kier alpha value is -3.37. The molecule has 0 aliphatic carbocycles. The second kappa shape index (κ2) is 10.2. The molecule has 3 atom stereocenters. The lowest BCUT2D eigenvalue weighted by Crippen LogP contribution is -2.49. The van der Waals surface area contributed by atoms with Crippen molar-refractivity contribution in [3.63, 3.8) is 0 Å². The highest BCUT2D eigenvalue weighted by molar-refractivity contribution is 5.90. The lowest BCUT2D eigenvalue weighted by molar-refractivity contribution is -0.160. The van der Waals surface area contributed by atoms with Gasteiger partial charge in [-0.2, -0.15) is 13.2 Å². The van der Waals surface area contributed by atoms with E-state index < -0.39 is 46.9 Å². The van der Waals surface area contributed by atoms with Gasteiger partial charge in [-0.15, -0.1) is 12.4 Å². The van der Waals surface area contributed by atoms with Crippen LogP contribution in [0.15, 0.2) is 53.3 Å². The molecule has 3 aromatic rings. The summed E-state index contributed by atoms with van der Waals surface area (Å²) in [5, 5.41) is 3.54. The number of hydrogen-bond donors (Lipinski definition) is 3. The van der Waals surface area contributed by atoms with E-state index in [4.69, 9.17) is 10.5 Å². The number of ether oxygens (including phenoxy) is 1. The van der Waals surface area contributed by atoms with Gasteiger partial charge in [-0.05, 0) is 56.3 Å². The average Bonchev–Trinajstić information content (AvgIpc) is 3.20. The summed E-state index contributed by atoms with van der Waals surface area (Å²) >= 11 is 0. The molecule has 4 N–H and O–H groups in total. The van der Waals surface area contributed by atoms with Crippen molar-refractivity contribution in [2.75, 3.05) is 0 Å². The van der Waals surface area contributed by atoms with Crippen LogP contribution < -0.4 is 16.6 Å². The number of aromatic nitrogens is 1. The SMILES string of the molecule is C[C@H](N)C(=O)OC(C)(C)C1C[C@@H](c2ccc3cc(-c4ccccc4C(F)(F)F)[nH]c(=O)c3c2)C(=O)N1.Cl. The highest BCUT2D eigenvalue weighted by atomic mass is 35.5. The highest BCUT2D eigenvalue weighted by Crippen LogP contribution is 2.37. The van der Waals surface area contributed by atoms with Crippen LogP contribution in [0.25, 0.3) is 22.0 Å². The number of amides is 1. The van der Waals surface area contributed by atoms with Gasteiger partial charge in [0.05, 0.1) is 17.5 Å². The second-order valence-electron chi connectivity index (χ2n) is 9.56. The number of alkyl halides is 3. The lowest BCUT2D eigenvalue weighted by Gasteiger charge is -2.31. The summed E-state index contributed by atoms with van der Waals surface area (Å²) in [7, 11) is 0. The molecule has 2 aromatic carbocycles. The van der Waals surface area contributed by atoms with Crippen molar-refractivity contribution in [3.05, 3.63) is 70.0 Å². The van der Waals surface area contributed by atoms with Crippen LogP contribution in [0.3, 0.4) is 0 Å². The van der Waals surface area contributed by atoms with Crippen LogP contribution in [0.1, 0.15) is 44.2 Å². The van der Waals surface area contributed by atoms with Gasteiger partial charge >= 0.3 is 12.1 Å². The largest absolute Gasteiger partial charge is 0.456 e. The summed E-state index contributed by atoms with van der Waals surface area (Å²) in [5.41, 5.74) is 3.65. The lowest BCUT2D eigenvalue weighted by atomic mass is 9.89. The van der Waals surface area contributed by atoms with Crippen molar-refractivity contribution >= 4 is 35.1 Å². The van der Waals surface area contributed by atoms with Gasteiger partial charge in [0.15, 0.2) is 0 Å². The quantitative estimate of drug-likeness (QED) is 0.420. The predicted octanol–water partition coefficient (Wildman–Crippen LogP) is 4.28. The van der Waals surface area contributed by atoms with Crippen LogP contribution in [0.5, 0.6) is 0 Å². The maximum absolute atomic E-state index is 13.5. The van der Waals surface area contributed by atoms with Crippen LogP contribution in [0, 0.1) is 0 Å². The van der Waals surface area contributed by atoms with E-state index in [0.29, 0.717) is 17.4 Å². The van der Waals surface area contributed by atoms with Gasteiger partial charge in [0.25, 0.3) is 5.56 Å². The first-order chi connectivity index (χ1) is 16.8. The summed E-state index contributed by atoms with van der Waals surface area (Å²) < 4.78 is 45.9. The normalized spacial score (nSPS) is 18.7. The van der Waals surface area contributed by atoms with E-state index in [9.17, 15) is 27.6 Å². The van der Waals surface area contributed by atoms with E-state index in [1.54, 1.807) is 32.0 Å². The molecule has 198 valence electrons. The third-order valence-corrected chi connectivity index (χ3v) is 6.47. The summed E-state index contributed by atoms with van der Waals surface area (Å²) in [5.74, 6) is -1.47. The fourth-order valence-corrected chi connectivity index (χ4v) is 4.45. The van der Waals surface area contributed by atoms with Crippen LogP contribution in [-0.2, 0) is 20.5 Å². The van der Waals surface area contributed by atoms with E-state index in [-0.39, 0.29) is 35.0 Å². The predicted molar refractivity (Wildman–Crippen MR) is 135 cm³/mol. The van der Waals surface area contributed by atoms with Gasteiger partial charge in [-0.3, -0.25) is 14.4 Å². The zero-order valence-electron chi connectivity index (χ0n) is 20.3. The van der Waals surface area contributed by atoms with E-state index >= 15 is 0 Å². The van der Waals surface area contributed by atoms with Crippen molar-refractivity contribution in [1.82, 2.24) is 10.3 Å². The smallest absolute Gasteiger partial charge is 0.417 e. The van der Waals surface area contributed by atoms with Crippen molar-refractivity contribution < 1.29 is 27.5 Å². The monoisotopic (exact) mass is 537 g/mol. The number of carbonyl (C=O) groups excluding carboxylic acids is 2. The molecule has 0 radical (unpaired) electrons. The summed E-state index contributed by atoms with van der Waals surface area (Å²) in [6.45, 7) is 4.88. The van der Waals surface area contributed by atoms with Crippen molar-refractivity contribution in [1.29, 1.82) is 0 Å². The zero-order valence-corrected chi connectivity index (χ0v) is 21.1. The average molecular weight is 538 g/mol. The number of carbonyl (C=O) groups is 2. The van der Waals surface area contributed by atoms with Gasteiger partial charge < -0.3 is 20.8 Å². The van der Waals surface area contributed by atoms with E-state index in [1.807, 2.05) is 0 Å². The van der Waals surface area contributed by atoms with Crippen molar-refractivity contribution in [2.45, 2.75) is 57.0 Å². The van der Waals surface area contributed by atoms with Gasteiger partial charge in [0.1, 0.15) is 11.6 Å². The van der Waals surface area contributed by atoms with Crippen molar-refractivity contribution in [2.24, 2.45) is 5.73 Å². The molecule has 1 saturated heterocycles. The molecule has 4 rings (SSSR count). The van der Waals surface area contributed by atoms with Crippen LogP contribution in [0.2, 0.25) is 0 Å². The number of aromatic amines is 1. The summed E-state index contributed by atoms with van der Waals surface area (Å²) in [6.07, 6.45) is -4.26. The highest BCUT2D eigenvalue weighted by Gasteiger charge is 2.44. The van der Waals surface area contributed by atoms with E-state index in [1.165, 1.54) is 31.2 Å². The molecule has 0 saturated carbocycles. The fourth-order valence-electron chi connectivity index (χ4n) is 4.45. The summed E-state index contributed by atoms with van der Waals surface area (Å²) in [4.78, 5) is 40.2. The molecule has 11 heteroatoms. The van der Waals surface area contributed by atoms with Gasteiger partial charge in [0.2, 0.25) is 5.91 Å². The van der Waals surface area contributed by atoms with Gasteiger partial charge in [0, 0.05) is 16.6 Å². The molecular formula is C26H27ClF3N3O4. The molecule has 1 aliphatic rings. The molecule has 1 amide bonds. The number of nitrogens with one attached hydrogen (secondary N) is 2. The fraction of sp³-hybridized carbons (Fsp3) is 0.346. The Kier molecular flexibility index (Phi) is 7.76. The second-order valence-corrected chi connectivity index (χ2v) is 9.56. The number of fused-ring (bicyclic) bond motifs is 1. The van der Waals surface area contributed by atoms with E-state index in [0.717, 1.165) is 6.07 Å². The van der Waals surface area contributed by atoms with Crippen LogP contribution in [0.4, 0.5) is 13.2 Å². The van der Waals surface area contributed by atoms with Gasteiger partial charge in [-0.25, -0.2) is 0 Å². The maximum Gasteiger partial charge on any atom is 0.417 e. The van der Waals surface area contributed by atoms with Gasteiger partial charge in [-0.1, -0.05) is 30.3 Å². The van der Waals surface area contributed by atoms with Crippen LogP contribution >= 0.6 is 12.4 Å². The molecule has 7 nitrogen and oxygen atoms in total. The number of halogens is 4. The minimum atomic E-state index is -4.58. The summed E-state index contributed by atoms with van der Waals surface area (Å²) in [6, 6.07) is 10.1. The Morgan fingerprint density at radius 3 is 2.43 bits per heavy atom. The first-order valence-corrected chi connectivity index (χ1v) is 11.4. The van der Waals surface area contributed by atoms with E-state index in [2.05, 4.69) is 10.3 Å². The van der Waals surface area contributed by atoms with Crippen molar-refractivity contribution in [3.8, 4) is 11.3 Å². The minimum Gasteiger partial charge on any atom is -0.456 e. The minimum absolute atomic E-state index is 0. The number of hydrogen-bond acceptors (Lipinski definition) is 5. The Balaban J connectivity index is 0.00000380. The molecule has 1 aliphatic heterocycles. The first kappa shape index (κ1) is 28.2. The molecule has 2 heterocycles. The third kappa shape index (κ3) is 5.65. The number of rotatable bonds is 5. The maximum atomic E-state index is 13.5. The molecule has 1 unspecified atom stereocenters. The molecule has 1 fully saturated rings. The topological polar surface area (TPSA) is 114 Å². The van der Waals surface area contributed by atoms with Crippen LogP contribution in [-0.4, -0.2) is 34.5 Å². The molecule has 37 heavy (non-hydrogen) atoms. The molecular weight excluding hydrogens is 511 g/mol. The number of benzene rings is 2. The molecule has 1 aromatic heterocycles. The Morgan fingerprint density at radius 2 is 1.78 bits per heavy atom. The first-order valence-electron chi connectivity index (χ1n) is 11.4. The number of H-pyrrole nitrogens is 1. The number of nitrogens with two attached hydrogens (primary N) is 1. The number of esters is 1. The molecule has 0 spiro atoms. The Morgan fingerprint density at radius 1 is 1.11 bits per heavy atom. The number of pyridine rings is 1. The Bertz CT molecular complexity index is 1400. The molecule has 0 bridgehead atoms. The standard InChI is InChI=1S/C26H26F3N3O4.ClH/c1-13(30)24(35)36-25(2,3)21-12-18(23(34)32-21)14-8-9-15-11-20(31-22(33)17(15)10-14)16-6-4-5-7-19(16)26(27,28)29;/h4-11,13,18,21H,12,30H2,1-3H3,(H,31,33)(H,32,34);1H/t13-,18-,21?;/m0./s1.